The van der Waals surface area contributed by atoms with Crippen LogP contribution in [0, 0.1) is 17.0 Å². The van der Waals surface area contributed by atoms with E-state index in [2.05, 4.69) is 31.8 Å². The highest BCUT2D eigenvalue weighted by Gasteiger charge is 2.28. The van der Waals surface area contributed by atoms with E-state index in [9.17, 15) is 19.7 Å². The molecular formula is C23H19BrN4O5. The second-order valence-corrected chi connectivity index (χ2v) is 8.30. The Morgan fingerprint density at radius 3 is 2.52 bits per heavy atom. The minimum atomic E-state index is -0.530. The van der Waals surface area contributed by atoms with Gasteiger partial charge in [0, 0.05) is 39.7 Å². The number of aryl methyl sites for hydroxylation is 1. The number of carbonyl (C=O) groups is 2. The van der Waals surface area contributed by atoms with Crippen molar-refractivity contribution < 1.29 is 18.9 Å². The fourth-order valence-electron chi connectivity index (χ4n) is 3.66. The van der Waals surface area contributed by atoms with E-state index in [0.29, 0.717) is 35.6 Å². The molecule has 0 radical (unpaired) electrons. The van der Waals surface area contributed by atoms with Crippen LogP contribution in [0.5, 0.6) is 0 Å². The second-order valence-electron chi connectivity index (χ2n) is 7.45. The molecular weight excluding hydrogens is 492 g/mol. The summed E-state index contributed by atoms with van der Waals surface area (Å²) in [4.78, 5) is 35.5. The molecule has 0 bridgehead atoms. The van der Waals surface area contributed by atoms with Gasteiger partial charge in [-0.2, -0.15) is 5.10 Å². The van der Waals surface area contributed by atoms with Gasteiger partial charge >= 0.3 is 0 Å². The molecule has 10 heteroatoms. The molecule has 1 aromatic heterocycles. The van der Waals surface area contributed by atoms with Gasteiger partial charge in [-0.15, -0.1) is 0 Å². The smallest absolute Gasteiger partial charge is 0.291 e. The van der Waals surface area contributed by atoms with Crippen molar-refractivity contribution in [3.05, 3.63) is 91.3 Å². The standard InChI is InChI=1S/C23H19BrN4O5/c1-13-20-18(26-27-22(29)14-9-11-15(12-10-14)28(31)32)7-4-8-19(20)33-21(13)23(30)25-17-6-3-2-5-16(17)24/h2-3,5-6,9-12H,4,7-8H2,1H3,(H,25,30)(H,27,29)/b26-18+. The van der Waals surface area contributed by atoms with Gasteiger partial charge < -0.3 is 9.73 Å². The molecule has 9 nitrogen and oxygen atoms in total. The maximum atomic E-state index is 12.9. The minimum Gasteiger partial charge on any atom is -0.455 e. The van der Waals surface area contributed by atoms with Gasteiger partial charge in [0.05, 0.1) is 16.3 Å². The number of hydrazone groups is 1. The van der Waals surface area contributed by atoms with Gasteiger partial charge in [-0.05, 0) is 60.0 Å². The highest BCUT2D eigenvalue weighted by Crippen LogP contribution is 2.31. The van der Waals surface area contributed by atoms with Crippen molar-refractivity contribution in [2.24, 2.45) is 5.10 Å². The zero-order valence-electron chi connectivity index (χ0n) is 17.6. The number of para-hydroxylation sites is 1. The van der Waals surface area contributed by atoms with Gasteiger partial charge in [-0.25, -0.2) is 5.43 Å². The number of furan rings is 1. The zero-order chi connectivity index (χ0) is 23.5. The van der Waals surface area contributed by atoms with Crippen molar-refractivity contribution in [1.29, 1.82) is 0 Å². The molecule has 2 amide bonds. The first-order valence-corrected chi connectivity index (χ1v) is 10.9. The number of halogens is 1. The molecule has 0 saturated carbocycles. The highest BCUT2D eigenvalue weighted by atomic mass is 79.9. The third-order valence-electron chi connectivity index (χ3n) is 5.29. The van der Waals surface area contributed by atoms with Gasteiger partial charge in [0.25, 0.3) is 17.5 Å². The molecule has 0 spiro atoms. The van der Waals surface area contributed by atoms with Crippen molar-refractivity contribution in [3.8, 4) is 0 Å². The largest absolute Gasteiger partial charge is 0.455 e. The summed E-state index contributed by atoms with van der Waals surface area (Å²) in [6.07, 6.45) is 2.03. The molecule has 2 aromatic carbocycles. The lowest BCUT2D eigenvalue weighted by atomic mass is 9.93. The number of rotatable bonds is 5. The summed E-state index contributed by atoms with van der Waals surface area (Å²) in [6.45, 7) is 1.79. The zero-order valence-corrected chi connectivity index (χ0v) is 19.1. The second kappa shape index (κ2) is 9.37. The molecule has 0 atom stereocenters. The topological polar surface area (TPSA) is 127 Å². The average Bonchev–Trinajstić information content (AvgIpc) is 3.16. The highest BCUT2D eigenvalue weighted by molar-refractivity contribution is 9.10. The Balaban J connectivity index is 1.55. The lowest BCUT2D eigenvalue weighted by molar-refractivity contribution is -0.384. The predicted octanol–water partition coefficient (Wildman–Crippen LogP) is 4.98. The number of fused-ring (bicyclic) bond motifs is 1. The molecule has 33 heavy (non-hydrogen) atoms. The SMILES string of the molecule is Cc1c(C(=O)Nc2ccccc2Br)oc2c1/C(=N/NC(=O)c1ccc([N+](=O)[O-])cc1)CCC2. The van der Waals surface area contributed by atoms with Crippen LogP contribution in [-0.2, 0) is 6.42 Å². The maximum absolute atomic E-state index is 12.9. The van der Waals surface area contributed by atoms with Gasteiger partial charge in [0.2, 0.25) is 0 Å². The van der Waals surface area contributed by atoms with E-state index in [1.165, 1.54) is 24.3 Å². The Bertz CT molecular complexity index is 1280. The number of nitrogens with zero attached hydrogens (tertiary/aromatic N) is 2. The molecule has 0 saturated heterocycles. The normalized spacial score (nSPS) is 13.9. The van der Waals surface area contributed by atoms with E-state index >= 15 is 0 Å². The molecule has 1 aliphatic rings. The van der Waals surface area contributed by atoms with Crippen LogP contribution in [0.1, 0.15) is 50.6 Å². The van der Waals surface area contributed by atoms with Crippen molar-refractivity contribution >= 4 is 44.8 Å². The van der Waals surface area contributed by atoms with Gasteiger partial charge in [-0.1, -0.05) is 12.1 Å². The quantitative estimate of drug-likeness (QED) is 0.369. The number of nitro benzene ring substituents is 1. The molecule has 0 fully saturated rings. The van der Waals surface area contributed by atoms with Crippen molar-refractivity contribution in [1.82, 2.24) is 5.43 Å². The maximum Gasteiger partial charge on any atom is 0.291 e. The third kappa shape index (κ3) is 4.70. The summed E-state index contributed by atoms with van der Waals surface area (Å²) in [7, 11) is 0. The lowest BCUT2D eigenvalue weighted by Gasteiger charge is -2.13. The first kappa shape index (κ1) is 22.4. The summed E-state index contributed by atoms with van der Waals surface area (Å²) in [5.41, 5.74) is 5.27. The number of carbonyl (C=O) groups excluding carboxylic acids is 2. The number of nitro groups is 1. The summed E-state index contributed by atoms with van der Waals surface area (Å²) >= 11 is 3.41. The molecule has 2 N–H and O–H groups in total. The van der Waals surface area contributed by atoms with E-state index in [-0.39, 0.29) is 22.9 Å². The van der Waals surface area contributed by atoms with Crippen LogP contribution < -0.4 is 10.7 Å². The molecule has 0 aliphatic heterocycles. The molecule has 1 aliphatic carbocycles. The molecule has 3 aromatic rings. The van der Waals surface area contributed by atoms with Gasteiger partial charge in [-0.3, -0.25) is 19.7 Å². The van der Waals surface area contributed by atoms with Crippen LogP contribution >= 0.6 is 15.9 Å². The fourth-order valence-corrected chi connectivity index (χ4v) is 4.04. The van der Waals surface area contributed by atoms with Crippen molar-refractivity contribution in [3.63, 3.8) is 0 Å². The number of nitrogens with one attached hydrogen (secondary N) is 2. The Morgan fingerprint density at radius 1 is 1.09 bits per heavy atom. The van der Waals surface area contributed by atoms with Crippen LogP contribution in [-0.4, -0.2) is 22.4 Å². The van der Waals surface area contributed by atoms with Gasteiger partial charge in [0.1, 0.15) is 5.76 Å². The minimum absolute atomic E-state index is 0.0999. The molecule has 0 unspecified atom stereocenters. The van der Waals surface area contributed by atoms with Crippen LogP contribution in [0.15, 0.2) is 62.5 Å². The fraction of sp³-hybridized carbons (Fsp3) is 0.174. The number of amides is 2. The average molecular weight is 511 g/mol. The number of hydrogen-bond donors (Lipinski definition) is 2. The monoisotopic (exact) mass is 510 g/mol. The predicted molar refractivity (Wildman–Crippen MR) is 126 cm³/mol. The van der Waals surface area contributed by atoms with E-state index < -0.39 is 10.8 Å². The first-order valence-electron chi connectivity index (χ1n) is 10.1. The van der Waals surface area contributed by atoms with Gasteiger partial charge in [0.15, 0.2) is 5.76 Å². The number of non-ortho nitro benzene ring substituents is 1. The van der Waals surface area contributed by atoms with Crippen molar-refractivity contribution in [2.75, 3.05) is 5.32 Å². The summed E-state index contributed by atoms with van der Waals surface area (Å²) < 4.78 is 6.64. The van der Waals surface area contributed by atoms with Crippen LogP contribution in [0.2, 0.25) is 0 Å². The molecule has 1 heterocycles. The number of benzene rings is 2. The number of hydrogen-bond acceptors (Lipinski definition) is 6. The van der Waals surface area contributed by atoms with E-state index in [0.717, 1.165) is 16.5 Å². The summed E-state index contributed by atoms with van der Waals surface area (Å²) in [6, 6.07) is 12.5. The number of anilines is 1. The van der Waals surface area contributed by atoms with Crippen LogP contribution in [0.25, 0.3) is 0 Å². The lowest BCUT2D eigenvalue weighted by Crippen LogP contribution is -2.22. The van der Waals surface area contributed by atoms with E-state index in [4.69, 9.17) is 4.42 Å². The van der Waals surface area contributed by atoms with Crippen LogP contribution in [0.3, 0.4) is 0 Å². The third-order valence-corrected chi connectivity index (χ3v) is 5.98. The first-order chi connectivity index (χ1) is 15.8. The molecule has 4 rings (SSSR count). The van der Waals surface area contributed by atoms with Crippen molar-refractivity contribution in [2.45, 2.75) is 26.2 Å². The Kier molecular flexibility index (Phi) is 6.36. The summed E-state index contributed by atoms with van der Waals surface area (Å²) in [5, 5.41) is 17.9. The summed E-state index contributed by atoms with van der Waals surface area (Å²) in [5.74, 6) is -0.00737. The Morgan fingerprint density at radius 2 is 1.82 bits per heavy atom. The van der Waals surface area contributed by atoms with E-state index in [1.807, 2.05) is 18.2 Å². The van der Waals surface area contributed by atoms with Crippen LogP contribution in [0.4, 0.5) is 11.4 Å². The Hall–Kier alpha value is -3.79. The van der Waals surface area contributed by atoms with E-state index in [1.54, 1.807) is 13.0 Å². The molecule has 168 valence electrons. The Labute approximate surface area is 197 Å².